The molecule has 3 atom stereocenters. The molecule has 0 amide bonds. The minimum Gasteiger partial charge on any atom is -0.390 e. The van der Waals surface area contributed by atoms with Gasteiger partial charge in [-0.05, 0) is 37.0 Å². The van der Waals surface area contributed by atoms with Gasteiger partial charge in [0.25, 0.3) is 0 Å². The summed E-state index contributed by atoms with van der Waals surface area (Å²) in [6.45, 7) is 0.461. The van der Waals surface area contributed by atoms with Crippen molar-refractivity contribution in [3.8, 4) is 0 Å². The molecule has 1 saturated carbocycles. The number of benzene rings is 1. The van der Waals surface area contributed by atoms with Gasteiger partial charge >= 0.3 is 0 Å². The third-order valence-corrected chi connectivity index (χ3v) is 4.86. The van der Waals surface area contributed by atoms with E-state index in [1.54, 1.807) is 4.90 Å². The topological polar surface area (TPSA) is 70.0 Å². The fourth-order valence-corrected chi connectivity index (χ4v) is 3.42. The lowest BCUT2D eigenvalue weighted by Gasteiger charge is -2.21. The van der Waals surface area contributed by atoms with Gasteiger partial charge in [-0.25, -0.2) is 0 Å². The van der Waals surface area contributed by atoms with Crippen LogP contribution in [0.25, 0.3) is 0 Å². The summed E-state index contributed by atoms with van der Waals surface area (Å²) in [6, 6.07) is 5.77. The van der Waals surface area contributed by atoms with Gasteiger partial charge in [0.05, 0.1) is 12.6 Å². The van der Waals surface area contributed by atoms with E-state index in [1.807, 2.05) is 18.2 Å². The zero-order chi connectivity index (χ0) is 14.6. The lowest BCUT2D eigenvalue weighted by molar-refractivity contribution is -0.108. The molecular formula is C16H19NO4. The predicted octanol–water partition coefficient (Wildman–Crippen LogP) is 1.21. The highest BCUT2D eigenvalue weighted by Crippen LogP contribution is 2.47. The molecular weight excluding hydrogens is 270 g/mol. The van der Waals surface area contributed by atoms with E-state index in [0.29, 0.717) is 19.4 Å². The molecule has 4 rings (SSSR count). The number of nitrogens with zero attached hydrogens (tertiary/aromatic N) is 1. The van der Waals surface area contributed by atoms with E-state index in [-0.39, 0.29) is 5.78 Å². The number of hydrogen-bond acceptors (Lipinski definition) is 5. The minimum absolute atomic E-state index is 0.181. The Morgan fingerprint density at radius 1 is 1.24 bits per heavy atom. The molecule has 1 saturated heterocycles. The van der Waals surface area contributed by atoms with Gasteiger partial charge in [0.2, 0.25) is 6.41 Å². The molecule has 0 aromatic heterocycles. The van der Waals surface area contributed by atoms with Crippen LogP contribution in [-0.4, -0.2) is 40.7 Å². The number of anilines is 1. The molecule has 112 valence electrons. The van der Waals surface area contributed by atoms with Crippen molar-refractivity contribution in [2.45, 2.75) is 50.2 Å². The number of Topliss-reactive ketones (excluding diaryl/α,β-unsaturated/α-hetero) is 1. The Bertz CT molecular complexity index is 602. The van der Waals surface area contributed by atoms with Crippen molar-refractivity contribution in [3.05, 3.63) is 29.3 Å². The zero-order valence-electron chi connectivity index (χ0n) is 11.8. The van der Waals surface area contributed by atoms with Crippen LogP contribution in [0.4, 0.5) is 5.69 Å². The van der Waals surface area contributed by atoms with Gasteiger partial charge in [-0.1, -0.05) is 6.07 Å². The first-order valence-electron chi connectivity index (χ1n) is 7.56. The van der Waals surface area contributed by atoms with Crippen LogP contribution >= 0.6 is 0 Å². The molecule has 2 aliphatic carbocycles. The SMILES string of the molecule is O=C1CCCCc2ccc(N3C[C@@]4(C[C@@H]4O)OC3O)cc21. The highest BCUT2D eigenvalue weighted by Gasteiger charge is 2.62. The second-order valence-corrected chi connectivity index (χ2v) is 6.33. The Morgan fingerprint density at radius 3 is 2.71 bits per heavy atom. The first-order valence-corrected chi connectivity index (χ1v) is 7.56. The molecule has 1 spiro atoms. The Labute approximate surface area is 123 Å². The van der Waals surface area contributed by atoms with E-state index in [0.717, 1.165) is 36.1 Å². The molecule has 0 radical (unpaired) electrons. The monoisotopic (exact) mass is 289 g/mol. The van der Waals surface area contributed by atoms with Crippen LogP contribution < -0.4 is 4.90 Å². The van der Waals surface area contributed by atoms with Gasteiger partial charge in [-0.2, -0.15) is 0 Å². The van der Waals surface area contributed by atoms with Gasteiger partial charge in [-0.3, -0.25) is 4.79 Å². The van der Waals surface area contributed by atoms with E-state index in [4.69, 9.17) is 4.74 Å². The third kappa shape index (κ3) is 2.08. The molecule has 3 aliphatic rings. The second-order valence-electron chi connectivity index (χ2n) is 6.33. The number of fused-ring (bicyclic) bond motifs is 1. The fourth-order valence-electron chi connectivity index (χ4n) is 3.42. The van der Waals surface area contributed by atoms with E-state index in [9.17, 15) is 15.0 Å². The molecule has 5 heteroatoms. The molecule has 21 heavy (non-hydrogen) atoms. The molecule has 1 unspecified atom stereocenters. The van der Waals surface area contributed by atoms with Crippen molar-refractivity contribution in [1.82, 2.24) is 0 Å². The molecule has 5 nitrogen and oxygen atoms in total. The van der Waals surface area contributed by atoms with Crippen LogP contribution in [0.15, 0.2) is 18.2 Å². The predicted molar refractivity (Wildman–Crippen MR) is 76.1 cm³/mol. The van der Waals surface area contributed by atoms with Crippen molar-refractivity contribution < 1.29 is 19.7 Å². The largest absolute Gasteiger partial charge is 0.390 e. The molecule has 2 N–H and O–H groups in total. The molecule has 1 aliphatic heterocycles. The molecule has 0 bridgehead atoms. The summed E-state index contributed by atoms with van der Waals surface area (Å²) in [5.74, 6) is 0.181. The summed E-state index contributed by atoms with van der Waals surface area (Å²) in [4.78, 5) is 13.9. The Hall–Kier alpha value is -1.43. The molecule has 1 aromatic rings. The number of rotatable bonds is 1. The maximum atomic E-state index is 12.2. The van der Waals surface area contributed by atoms with Crippen LogP contribution in [0.5, 0.6) is 0 Å². The summed E-state index contributed by atoms with van der Waals surface area (Å²) in [5, 5.41) is 19.7. The first-order chi connectivity index (χ1) is 10.1. The fraction of sp³-hybridized carbons (Fsp3) is 0.562. The Kier molecular flexibility index (Phi) is 2.86. The second kappa shape index (κ2) is 4.53. The number of aliphatic hydroxyl groups is 2. The van der Waals surface area contributed by atoms with Crippen molar-refractivity contribution in [2.24, 2.45) is 0 Å². The van der Waals surface area contributed by atoms with E-state index < -0.39 is 18.1 Å². The van der Waals surface area contributed by atoms with Crippen LogP contribution in [0.2, 0.25) is 0 Å². The van der Waals surface area contributed by atoms with E-state index in [2.05, 4.69) is 0 Å². The van der Waals surface area contributed by atoms with Gasteiger partial charge in [0, 0.05) is 24.1 Å². The Morgan fingerprint density at radius 2 is 2.00 bits per heavy atom. The number of ether oxygens (including phenoxy) is 1. The van der Waals surface area contributed by atoms with Gasteiger partial charge in [-0.15, -0.1) is 0 Å². The van der Waals surface area contributed by atoms with Crippen LogP contribution in [-0.2, 0) is 11.2 Å². The maximum absolute atomic E-state index is 12.2. The van der Waals surface area contributed by atoms with Crippen molar-refractivity contribution >= 4 is 11.5 Å². The normalized spacial score (nSPS) is 35.0. The standard InChI is InChI=1S/C16H19NO4/c18-13-4-2-1-3-10-5-6-11(7-12(10)13)17-9-16(8-14(16)19)21-15(17)20/h5-7,14-15,19-20H,1-4,8-9H2/t14-,15?,16+/m0/s1. The number of ketones is 1. The molecule has 1 aromatic carbocycles. The third-order valence-electron chi connectivity index (χ3n) is 4.86. The van der Waals surface area contributed by atoms with E-state index >= 15 is 0 Å². The van der Waals surface area contributed by atoms with Crippen LogP contribution in [0.1, 0.15) is 41.6 Å². The number of hydrogen-bond donors (Lipinski definition) is 2. The quantitative estimate of drug-likeness (QED) is 0.761. The van der Waals surface area contributed by atoms with Gasteiger partial charge in [0.15, 0.2) is 5.78 Å². The van der Waals surface area contributed by atoms with Gasteiger partial charge in [0.1, 0.15) is 5.60 Å². The van der Waals surface area contributed by atoms with E-state index in [1.165, 1.54) is 0 Å². The molecule has 1 heterocycles. The number of aliphatic hydroxyl groups excluding tert-OH is 2. The highest BCUT2D eigenvalue weighted by molar-refractivity contribution is 5.98. The average Bonchev–Trinajstić information content (AvgIpc) is 3.02. The van der Waals surface area contributed by atoms with Crippen LogP contribution in [0.3, 0.4) is 0 Å². The summed E-state index contributed by atoms with van der Waals surface area (Å²) >= 11 is 0. The van der Waals surface area contributed by atoms with Crippen molar-refractivity contribution in [3.63, 3.8) is 0 Å². The van der Waals surface area contributed by atoms with Crippen LogP contribution in [0, 0.1) is 0 Å². The minimum atomic E-state index is -1.05. The number of carbonyl (C=O) groups excluding carboxylic acids is 1. The smallest absolute Gasteiger partial charge is 0.238 e. The Balaban J connectivity index is 1.66. The lowest BCUT2D eigenvalue weighted by atomic mass is 10.0. The lowest BCUT2D eigenvalue weighted by Crippen LogP contribution is -2.30. The van der Waals surface area contributed by atoms with Gasteiger partial charge < -0.3 is 19.8 Å². The number of carbonyl (C=O) groups is 1. The van der Waals surface area contributed by atoms with Crippen molar-refractivity contribution in [2.75, 3.05) is 11.4 Å². The van der Waals surface area contributed by atoms with Crippen molar-refractivity contribution in [1.29, 1.82) is 0 Å². The molecule has 2 fully saturated rings. The average molecular weight is 289 g/mol. The zero-order valence-corrected chi connectivity index (χ0v) is 11.8. The summed E-state index contributed by atoms with van der Waals surface area (Å²) in [6.07, 6.45) is 2.52. The summed E-state index contributed by atoms with van der Waals surface area (Å²) in [7, 11) is 0. The summed E-state index contributed by atoms with van der Waals surface area (Å²) < 4.78 is 5.48. The highest BCUT2D eigenvalue weighted by atomic mass is 16.7. The summed E-state index contributed by atoms with van der Waals surface area (Å²) in [5.41, 5.74) is 2.04. The number of aryl methyl sites for hydroxylation is 1. The maximum Gasteiger partial charge on any atom is 0.238 e. The first kappa shape index (κ1) is 13.2.